The number of benzene rings is 1. The zero-order valence-electron chi connectivity index (χ0n) is 15.5. The molecule has 8 nitrogen and oxygen atoms in total. The van der Waals surface area contributed by atoms with Crippen LogP contribution in [-0.2, 0) is 9.53 Å². The van der Waals surface area contributed by atoms with Gasteiger partial charge in [0.25, 0.3) is 5.91 Å². The quantitative estimate of drug-likeness (QED) is 0.816. The van der Waals surface area contributed by atoms with Crippen molar-refractivity contribution in [1.29, 1.82) is 0 Å². The van der Waals surface area contributed by atoms with Gasteiger partial charge in [-0.3, -0.25) is 14.7 Å². The average molecular weight is 387 g/mol. The second-order valence-corrected chi connectivity index (χ2v) is 7.32. The van der Waals surface area contributed by atoms with E-state index in [-0.39, 0.29) is 47.9 Å². The number of nitrogen functional groups attached to an aromatic ring is 1. The van der Waals surface area contributed by atoms with Crippen LogP contribution in [0.5, 0.6) is 0 Å². The summed E-state index contributed by atoms with van der Waals surface area (Å²) in [7, 11) is 1.47. The van der Waals surface area contributed by atoms with Gasteiger partial charge in [0.1, 0.15) is 23.9 Å². The number of H-pyrrole nitrogens is 1. The van der Waals surface area contributed by atoms with Gasteiger partial charge in [-0.05, 0) is 17.7 Å². The number of aromatic amines is 1. The SMILES string of the molecule is COCC(=O)N1C[C@H]2CN(C(=O)c3cc(N)n[nH]3)C[C@H]2[C@@H]1c1cccc(F)c1. The highest BCUT2D eigenvalue weighted by atomic mass is 19.1. The number of rotatable bonds is 4. The number of hydrogen-bond donors (Lipinski definition) is 2. The van der Waals surface area contributed by atoms with E-state index in [2.05, 4.69) is 10.2 Å². The van der Waals surface area contributed by atoms with E-state index >= 15 is 0 Å². The highest BCUT2D eigenvalue weighted by molar-refractivity contribution is 5.93. The summed E-state index contributed by atoms with van der Waals surface area (Å²) in [5.41, 5.74) is 6.67. The van der Waals surface area contributed by atoms with Crippen molar-refractivity contribution < 1.29 is 18.7 Å². The van der Waals surface area contributed by atoms with Gasteiger partial charge in [-0.15, -0.1) is 0 Å². The van der Waals surface area contributed by atoms with Crippen LogP contribution >= 0.6 is 0 Å². The molecular formula is C19H22FN5O3. The standard InChI is InChI=1S/C19H22FN5O3/c1-28-10-17(26)25-8-12-7-24(19(27)15-6-16(21)23-22-15)9-14(12)18(25)11-3-2-4-13(20)5-11/h2-6,12,14,18H,7-10H2,1H3,(H3,21,22,23)/t12-,14-,18+/m1/s1. The normalized spacial score (nSPS) is 23.9. The smallest absolute Gasteiger partial charge is 0.271 e. The van der Waals surface area contributed by atoms with Crippen LogP contribution in [0.1, 0.15) is 22.1 Å². The lowest BCUT2D eigenvalue weighted by Gasteiger charge is -2.29. The van der Waals surface area contributed by atoms with Crippen molar-refractivity contribution in [3.63, 3.8) is 0 Å². The second-order valence-electron chi connectivity index (χ2n) is 7.32. The maximum atomic E-state index is 13.9. The molecule has 0 spiro atoms. The number of nitrogens with one attached hydrogen (secondary N) is 1. The van der Waals surface area contributed by atoms with Crippen molar-refractivity contribution in [2.24, 2.45) is 11.8 Å². The Balaban J connectivity index is 1.60. The molecule has 0 saturated carbocycles. The lowest BCUT2D eigenvalue weighted by molar-refractivity contribution is -0.136. The summed E-state index contributed by atoms with van der Waals surface area (Å²) in [6.45, 7) is 1.47. The predicted octanol–water partition coefficient (Wildman–Crippen LogP) is 1.05. The van der Waals surface area contributed by atoms with Crippen molar-refractivity contribution in [3.8, 4) is 0 Å². The number of anilines is 1. The van der Waals surface area contributed by atoms with Crippen molar-refractivity contribution in [3.05, 3.63) is 47.4 Å². The molecule has 4 rings (SSSR count). The van der Waals surface area contributed by atoms with Crippen LogP contribution in [0.25, 0.3) is 0 Å². The van der Waals surface area contributed by atoms with Crippen LogP contribution in [-0.4, -0.2) is 65.2 Å². The number of aromatic nitrogens is 2. The molecule has 1 aromatic heterocycles. The molecular weight excluding hydrogens is 365 g/mol. The number of nitrogens with two attached hydrogens (primary N) is 1. The van der Waals surface area contributed by atoms with Gasteiger partial charge >= 0.3 is 0 Å². The van der Waals surface area contributed by atoms with Crippen LogP contribution in [0.4, 0.5) is 10.2 Å². The minimum atomic E-state index is -0.348. The molecule has 1 aromatic carbocycles. The van der Waals surface area contributed by atoms with Gasteiger partial charge in [-0.2, -0.15) is 5.10 Å². The van der Waals surface area contributed by atoms with Gasteiger partial charge in [0.05, 0.1) is 6.04 Å². The summed E-state index contributed by atoms with van der Waals surface area (Å²) in [6.07, 6.45) is 0. The maximum absolute atomic E-state index is 13.9. The fourth-order valence-corrected chi connectivity index (χ4v) is 4.41. The van der Waals surface area contributed by atoms with E-state index < -0.39 is 0 Å². The molecule has 0 unspecified atom stereocenters. The molecule has 0 radical (unpaired) electrons. The van der Waals surface area contributed by atoms with Crippen molar-refractivity contribution in [1.82, 2.24) is 20.0 Å². The number of likely N-dealkylation sites (tertiary alicyclic amines) is 2. The van der Waals surface area contributed by atoms with Gasteiger partial charge in [-0.25, -0.2) is 4.39 Å². The van der Waals surface area contributed by atoms with E-state index in [0.717, 1.165) is 5.56 Å². The van der Waals surface area contributed by atoms with Crippen LogP contribution in [0, 0.1) is 17.7 Å². The monoisotopic (exact) mass is 387 g/mol. The number of amides is 2. The van der Waals surface area contributed by atoms with E-state index in [4.69, 9.17) is 10.5 Å². The lowest BCUT2D eigenvalue weighted by atomic mass is 9.89. The number of carbonyl (C=O) groups is 2. The number of fused-ring (bicyclic) bond motifs is 1. The molecule has 3 N–H and O–H groups in total. The van der Waals surface area contributed by atoms with E-state index in [1.165, 1.54) is 25.3 Å². The molecule has 2 saturated heterocycles. The molecule has 0 bridgehead atoms. The van der Waals surface area contributed by atoms with Gasteiger partial charge in [0, 0.05) is 44.6 Å². The zero-order valence-corrected chi connectivity index (χ0v) is 15.5. The van der Waals surface area contributed by atoms with E-state index in [9.17, 15) is 14.0 Å². The van der Waals surface area contributed by atoms with Crippen LogP contribution in [0.3, 0.4) is 0 Å². The largest absolute Gasteiger partial charge is 0.382 e. The molecule has 2 aromatic rings. The zero-order chi connectivity index (χ0) is 19.8. The molecule has 2 aliphatic rings. The Morgan fingerprint density at radius 2 is 2.14 bits per heavy atom. The molecule has 3 heterocycles. The Hall–Kier alpha value is -2.94. The van der Waals surface area contributed by atoms with Crippen molar-refractivity contribution >= 4 is 17.6 Å². The third-order valence-electron chi connectivity index (χ3n) is 5.56. The predicted molar refractivity (Wildman–Crippen MR) is 98.6 cm³/mol. The highest BCUT2D eigenvalue weighted by Gasteiger charge is 2.50. The summed E-state index contributed by atoms with van der Waals surface area (Å²) in [4.78, 5) is 28.8. The fourth-order valence-electron chi connectivity index (χ4n) is 4.41. The van der Waals surface area contributed by atoms with E-state index in [1.807, 2.05) is 6.07 Å². The van der Waals surface area contributed by atoms with E-state index in [0.29, 0.717) is 25.3 Å². The number of halogens is 1. The minimum Gasteiger partial charge on any atom is -0.382 e. The summed E-state index contributed by atoms with van der Waals surface area (Å²) in [5, 5.41) is 6.45. The molecule has 148 valence electrons. The third kappa shape index (κ3) is 3.22. The summed E-state index contributed by atoms with van der Waals surface area (Å²) in [6, 6.07) is 7.51. The molecule has 28 heavy (non-hydrogen) atoms. The second kappa shape index (κ2) is 7.23. The third-order valence-corrected chi connectivity index (χ3v) is 5.56. The molecule has 2 amide bonds. The average Bonchev–Trinajstić information content (AvgIpc) is 3.35. The Morgan fingerprint density at radius 3 is 2.82 bits per heavy atom. The Kier molecular flexibility index (Phi) is 4.76. The van der Waals surface area contributed by atoms with Crippen molar-refractivity contribution in [2.45, 2.75) is 6.04 Å². The summed E-state index contributed by atoms with van der Waals surface area (Å²) >= 11 is 0. The molecule has 0 aliphatic carbocycles. The Labute approximate surface area is 161 Å². The van der Waals surface area contributed by atoms with Crippen molar-refractivity contribution in [2.75, 3.05) is 39.1 Å². The summed E-state index contributed by atoms with van der Waals surface area (Å²) in [5.74, 6) is -0.266. The van der Waals surface area contributed by atoms with E-state index in [1.54, 1.807) is 15.9 Å². The van der Waals surface area contributed by atoms with Gasteiger partial charge in [-0.1, -0.05) is 12.1 Å². The Bertz CT molecular complexity index is 901. The van der Waals surface area contributed by atoms with Gasteiger partial charge in [0.2, 0.25) is 5.91 Å². The first kappa shape index (κ1) is 18.4. The van der Waals surface area contributed by atoms with Gasteiger partial charge < -0.3 is 20.3 Å². The topological polar surface area (TPSA) is 105 Å². The van der Waals surface area contributed by atoms with Gasteiger partial charge in [0.15, 0.2) is 0 Å². The molecule has 3 atom stereocenters. The first-order valence-corrected chi connectivity index (χ1v) is 9.12. The molecule has 9 heteroatoms. The first-order valence-electron chi connectivity index (χ1n) is 9.12. The van der Waals surface area contributed by atoms with Crippen LogP contribution in [0.2, 0.25) is 0 Å². The first-order chi connectivity index (χ1) is 13.5. The number of ether oxygens (including phenoxy) is 1. The lowest BCUT2D eigenvalue weighted by Crippen LogP contribution is -2.39. The molecule has 2 aliphatic heterocycles. The highest BCUT2D eigenvalue weighted by Crippen LogP contribution is 2.45. The minimum absolute atomic E-state index is 0.0202. The van der Waals surface area contributed by atoms with Crippen LogP contribution in [0.15, 0.2) is 30.3 Å². The fraction of sp³-hybridized carbons (Fsp3) is 0.421. The number of nitrogens with zero attached hydrogens (tertiary/aromatic N) is 3. The number of hydrogen-bond acceptors (Lipinski definition) is 5. The molecule has 2 fully saturated rings. The number of carbonyl (C=O) groups excluding carboxylic acids is 2. The maximum Gasteiger partial charge on any atom is 0.271 e. The number of methoxy groups -OCH3 is 1. The Morgan fingerprint density at radius 1 is 1.32 bits per heavy atom. The van der Waals surface area contributed by atoms with Crippen LogP contribution < -0.4 is 5.73 Å². The summed E-state index contributed by atoms with van der Waals surface area (Å²) < 4.78 is 18.9.